The largest absolute Gasteiger partial charge is 0.496 e. The minimum atomic E-state index is -0.360. The lowest BCUT2D eigenvalue weighted by atomic mass is 10.1. The molecule has 9 heteroatoms. The van der Waals surface area contributed by atoms with Crippen LogP contribution in [0.1, 0.15) is 16.2 Å². The molecule has 134 valence electrons. The molecule has 0 saturated heterocycles. The molecule has 0 atom stereocenters. The molecule has 3 aromatic rings. The first-order valence-corrected chi connectivity index (χ1v) is 9.32. The predicted octanol–water partition coefficient (Wildman–Crippen LogP) is 2.73. The number of rotatable bonds is 4. The Balaban J connectivity index is 1.82. The second kappa shape index (κ2) is 7.71. The second-order valence-corrected chi connectivity index (χ2v) is 6.55. The van der Waals surface area contributed by atoms with Gasteiger partial charge in [-0.3, -0.25) is 15.5 Å². The van der Waals surface area contributed by atoms with Crippen LogP contribution in [0.5, 0.6) is 5.75 Å². The van der Waals surface area contributed by atoms with Gasteiger partial charge in [0.25, 0.3) is 5.91 Å². The first-order valence-electron chi connectivity index (χ1n) is 7.68. The minimum Gasteiger partial charge on any atom is -0.496 e. The lowest BCUT2D eigenvalue weighted by Crippen LogP contribution is -2.38. The number of methoxy groups -OCH3 is 1. The fourth-order valence-corrected chi connectivity index (χ4v) is 3.14. The molecule has 0 aliphatic rings. The van der Waals surface area contributed by atoms with Crippen LogP contribution >= 0.6 is 24.0 Å². The van der Waals surface area contributed by atoms with Crippen molar-refractivity contribution in [1.82, 2.24) is 20.2 Å². The maximum atomic E-state index is 12.7. The van der Waals surface area contributed by atoms with E-state index in [0.29, 0.717) is 22.3 Å². The van der Waals surface area contributed by atoms with Crippen molar-refractivity contribution in [3.63, 3.8) is 0 Å². The van der Waals surface area contributed by atoms with Gasteiger partial charge in [-0.2, -0.15) is 0 Å². The number of fused-ring (bicyclic) bond motifs is 1. The van der Waals surface area contributed by atoms with E-state index in [1.807, 2.05) is 36.6 Å². The van der Waals surface area contributed by atoms with Crippen molar-refractivity contribution in [3.05, 3.63) is 47.8 Å². The van der Waals surface area contributed by atoms with Crippen molar-refractivity contribution in [1.29, 1.82) is 0 Å². The summed E-state index contributed by atoms with van der Waals surface area (Å²) in [6.07, 6.45) is 1.88. The molecule has 1 heterocycles. The molecule has 0 saturated carbocycles. The van der Waals surface area contributed by atoms with Crippen LogP contribution in [-0.2, 0) is 0 Å². The zero-order chi connectivity index (χ0) is 18.7. The molecule has 0 bridgehead atoms. The summed E-state index contributed by atoms with van der Waals surface area (Å²) in [7, 11) is 1.53. The Hall–Kier alpha value is -2.65. The van der Waals surface area contributed by atoms with Crippen LogP contribution in [0.15, 0.2) is 41.6 Å². The Morgan fingerprint density at radius 2 is 1.92 bits per heavy atom. The van der Waals surface area contributed by atoms with Crippen molar-refractivity contribution >= 4 is 45.8 Å². The Labute approximate surface area is 160 Å². The van der Waals surface area contributed by atoms with Crippen LogP contribution < -0.4 is 15.5 Å². The third-order valence-corrected chi connectivity index (χ3v) is 4.55. The summed E-state index contributed by atoms with van der Waals surface area (Å²) in [6.45, 7) is 1.79. The Kier molecular flexibility index (Phi) is 5.38. The first-order chi connectivity index (χ1) is 12.5. The zero-order valence-corrected chi connectivity index (χ0v) is 16.1. The molecule has 0 radical (unpaired) electrons. The molecule has 1 aromatic heterocycles. The highest BCUT2D eigenvalue weighted by Gasteiger charge is 2.16. The van der Waals surface area contributed by atoms with Gasteiger partial charge in [0.15, 0.2) is 5.11 Å². The molecule has 0 fully saturated rings. The molecular formula is C17H17N5O2S2. The molecule has 0 unspecified atom stereocenters. The van der Waals surface area contributed by atoms with E-state index in [9.17, 15) is 4.79 Å². The third kappa shape index (κ3) is 3.63. The van der Waals surface area contributed by atoms with Crippen molar-refractivity contribution in [2.45, 2.75) is 12.1 Å². The number of carbonyl (C=O) groups is 1. The van der Waals surface area contributed by atoms with Crippen LogP contribution in [0.25, 0.3) is 10.8 Å². The first kappa shape index (κ1) is 18.2. The summed E-state index contributed by atoms with van der Waals surface area (Å²) < 4.78 is 6.98. The second-order valence-electron chi connectivity index (χ2n) is 5.36. The summed E-state index contributed by atoms with van der Waals surface area (Å²) in [6, 6.07) is 11.4. The molecule has 7 nitrogen and oxygen atoms in total. The summed E-state index contributed by atoms with van der Waals surface area (Å²) in [5.74, 6) is 0.755. The van der Waals surface area contributed by atoms with E-state index in [1.165, 1.54) is 18.9 Å². The highest BCUT2D eigenvalue weighted by molar-refractivity contribution is 7.98. The number of thioether (sulfide) groups is 1. The zero-order valence-electron chi connectivity index (χ0n) is 14.4. The van der Waals surface area contributed by atoms with Gasteiger partial charge < -0.3 is 4.74 Å². The molecule has 1 amide bonds. The number of thiocarbonyl (C=S) groups is 1. The average molecular weight is 387 g/mol. The number of amides is 1. The monoisotopic (exact) mass is 387 g/mol. The maximum absolute atomic E-state index is 12.7. The van der Waals surface area contributed by atoms with Gasteiger partial charge >= 0.3 is 0 Å². The number of aryl methyl sites for hydroxylation is 1. The van der Waals surface area contributed by atoms with Crippen molar-refractivity contribution in [3.8, 4) is 5.75 Å². The van der Waals surface area contributed by atoms with Crippen LogP contribution in [0, 0.1) is 6.92 Å². The minimum absolute atomic E-state index is 0.142. The van der Waals surface area contributed by atoms with Crippen LogP contribution in [0.4, 0.5) is 0 Å². The van der Waals surface area contributed by atoms with E-state index >= 15 is 0 Å². The van der Waals surface area contributed by atoms with E-state index in [2.05, 4.69) is 20.9 Å². The fourth-order valence-electron chi connectivity index (χ4n) is 2.47. The Bertz CT molecular complexity index is 986. The fraction of sp³-hybridized carbons (Fsp3) is 0.176. The van der Waals surface area contributed by atoms with Gasteiger partial charge in [0.2, 0.25) is 5.16 Å². The number of hydrogen-bond donors (Lipinski definition) is 2. The average Bonchev–Trinajstić information content (AvgIpc) is 3.00. The van der Waals surface area contributed by atoms with Gasteiger partial charge in [0.05, 0.1) is 12.7 Å². The summed E-state index contributed by atoms with van der Waals surface area (Å²) in [4.78, 5) is 12.7. The van der Waals surface area contributed by atoms with E-state index in [0.717, 1.165) is 10.8 Å². The van der Waals surface area contributed by atoms with E-state index in [4.69, 9.17) is 17.0 Å². The molecule has 26 heavy (non-hydrogen) atoms. The lowest BCUT2D eigenvalue weighted by molar-refractivity contribution is 0.0974. The highest BCUT2D eigenvalue weighted by Crippen LogP contribution is 2.25. The van der Waals surface area contributed by atoms with E-state index in [-0.39, 0.29) is 11.0 Å². The van der Waals surface area contributed by atoms with Gasteiger partial charge in [-0.25, -0.2) is 4.68 Å². The quantitative estimate of drug-likeness (QED) is 0.526. The molecule has 3 rings (SSSR count). The molecular weight excluding hydrogens is 370 g/mol. The number of aromatic nitrogens is 3. The van der Waals surface area contributed by atoms with Crippen molar-refractivity contribution in [2.75, 3.05) is 18.8 Å². The van der Waals surface area contributed by atoms with Crippen LogP contribution in [0.3, 0.4) is 0 Å². The Morgan fingerprint density at radius 1 is 1.23 bits per heavy atom. The summed E-state index contributed by atoms with van der Waals surface area (Å²) >= 11 is 6.67. The number of carbonyl (C=O) groups excluding carboxylic acids is 1. The number of ether oxygens (including phenoxy) is 1. The number of nitrogens with zero attached hydrogens (tertiary/aromatic N) is 3. The van der Waals surface area contributed by atoms with Gasteiger partial charge in [0, 0.05) is 0 Å². The molecule has 0 aliphatic carbocycles. The topological polar surface area (TPSA) is 81.1 Å². The molecule has 2 aromatic carbocycles. The smallest absolute Gasteiger partial charge is 0.261 e. The summed E-state index contributed by atoms with van der Waals surface area (Å²) in [5, 5.41) is 13.4. The molecule has 2 N–H and O–H groups in total. The van der Waals surface area contributed by atoms with Crippen molar-refractivity contribution in [2.24, 2.45) is 0 Å². The van der Waals surface area contributed by atoms with Gasteiger partial charge in [-0.05, 0) is 48.3 Å². The SMILES string of the molecule is COc1cc2ccccc2cc1C(=O)NC(=S)Nn1c(C)nnc1SC. The van der Waals surface area contributed by atoms with Gasteiger partial charge in [-0.15, -0.1) is 10.2 Å². The molecule has 0 spiro atoms. The lowest BCUT2D eigenvalue weighted by Gasteiger charge is -2.14. The van der Waals surface area contributed by atoms with Gasteiger partial charge in [0.1, 0.15) is 11.6 Å². The standard InChI is InChI=1S/C17H17N5O2S2/c1-10-19-20-17(26-3)22(10)21-16(25)18-15(23)13-8-11-6-4-5-7-12(11)9-14(13)24-2/h4-9H,1-3H3,(H2,18,21,23,25). The van der Waals surface area contributed by atoms with E-state index in [1.54, 1.807) is 17.7 Å². The Morgan fingerprint density at radius 3 is 2.58 bits per heavy atom. The predicted molar refractivity (Wildman–Crippen MR) is 106 cm³/mol. The number of nitrogens with one attached hydrogen (secondary N) is 2. The van der Waals surface area contributed by atoms with Crippen molar-refractivity contribution < 1.29 is 9.53 Å². The van der Waals surface area contributed by atoms with E-state index < -0.39 is 0 Å². The molecule has 0 aliphatic heterocycles. The third-order valence-electron chi connectivity index (χ3n) is 3.73. The van der Waals surface area contributed by atoms with Crippen LogP contribution in [0.2, 0.25) is 0 Å². The summed E-state index contributed by atoms with van der Waals surface area (Å²) in [5.41, 5.74) is 3.32. The normalized spacial score (nSPS) is 10.6. The van der Waals surface area contributed by atoms with Crippen LogP contribution in [-0.4, -0.2) is 39.3 Å². The highest BCUT2D eigenvalue weighted by atomic mass is 32.2. The number of benzene rings is 2. The number of hydrogen-bond acceptors (Lipinski definition) is 6. The maximum Gasteiger partial charge on any atom is 0.261 e. The van der Waals surface area contributed by atoms with Gasteiger partial charge in [-0.1, -0.05) is 36.0 Å².